The molecule has 0 spiro atoms. The number of unbranched alkanes of at least 4 members (excludes halogenated alkanes) is 4. The molecule has 0 aliphatic rings. The van der Waals surface area contributed by atoms with Crippen molar-refractivity contribution >= 4 is 17.0 Å². The molecule has 108 valence electrons. The fourth-order valence-corrected chi connectivity index (χ4v) is 5.02. The lowest BCUT2D eigenvalue weighted by Crippen LogP contribution is -2.11. The lowest BCUT2D eigenvalue weighted by atomic mass is 10.2. The molecule has 0 heterocycles. The molecule has 0 saturated carbocycles. The average Bonchev–Trinajstić information content (AvgIpc) is 2.16. The van der Waals surface area contributed by atoms with Crippen molar-refractivity contribution < 1.29 is 10.0 Å². The van der Waals surface area contributed by atoms with Crippen LogP contribution in [0.2, 0.25) is 0 Å². The predicted molar refractivity (Wildman–Crippen MR) is 86.2 cm³/mol. The van der Waals surface area contributed by atoms with E-state index < -0.39 is 7.14 Å². The molecule has 2 N–H and O–H groups in total. The second kappa shape index (κ2) is 11.7. The quantitative estimate of drug-likeness (QED) is 0.482. The molecule has 0 radical (unpaired) electrons. The van der Waals surface area contributed by atoms with Crippen LogP contribution < -0.4 is 0 Å². The molecule has 2 nitrogen and oxygen atoms in total. The topological polar surface area (TPSA) is 48.6 Å². The maximum absolute atomic E-state index is 12.6. The second-order valence-electron chi connectivity index (χ2n) is 5.18. The number of hydrogen-bond donors (Lipinski definition) is 0. The van der Waals surface area contributed by atoms with Crippen LogP contribution >= 0.6 is 17.0 Å². The predicted octanol–water partition coefficient (Wildman–Crippen LogP) is 4.37. The van der Waals surface area contributed by atoms with Gasteiger partial charge in [-0.2, -0.15) is 9.90 Å². The van der Waals surface area contributed by atoms with Gasteiger partial charge in [0.25, 0.3) is 0 Å². The largest absolute Gasteiger partial charge is 0.412 e. The second-order valence-corrected chi connectivity index (χ2v) is 9.40. The minimum Gasteiger partial charge on any atom is -0.412 e. The maximum Gasteiger partial charge on any atom is 0.0925 e. The molecule has 0 aromatic rings. The van der Waals surface area contributed by atoms with Gasteiger partial charge in [-0.25, -0.2) is 0 Å². The number of hydrogen-bond acceptors (Lipinski definition) is 1. The van der Waals surface area contributed by atoms with Gasteiger partial charge in [-0.1, -0.05) is 60.3 Å². The summed E-state index contributed by atoms with van der Waals surface area (Å²) in [4.78, 5) is 0. The summed E-state index contributed by atoms with van der Waals surface area (Å²) in [5, 5.41) is 0. The summed E-state index contributed by atoms with van der Waals surface area (Å²) < 4.78 is 12.6. The summed E-state index contributed by atoms with van der Waals surface area (Å²) in [6.07, 6.45) is 7.31. The smallest absolute Gasteiger partial charge is 0.0925 e. The van der Waals surface area contributed by atoms with Crippen LogP contribution in [-0.2, 0) is 4.57 Å². The molecule has 1 unspecified atom stereocenters. The van der Waals surface area contributed by atoms with Crippen LogP contribution in [0, 0.1) is 0 Å². The Kier molecular flexibility index (Phi) is 15.7. The Morgan fingerprint density at radius 3 is 1.65 bits per heavy atom. The van der Waals surface area contributed by atoms with Crippen molar-refractivity contribution in [1.29, 1.82) is 0 Å². The van der Waals surface area contributed by atoms with E-state index in [1.165, 1.54) is 25.7 Å². The molecule has 0 amide bonds. The third-order valence-electron chi connectivity index (χ3n) is 3.36. The van der Waals surface area contributed by atoms with Crippen molar-refractivity contribution in [2.24, 2.45) is 0 Å². The Morgan fingerprint density at radius 2 is 1.29 bits per heavy atom. The highest BCUT2D eigenvalue weighted by Crippen LogP contribution is 2.55. The molecule has 0 aromatic heterocycles. The molecule has 4 heteroatoms. The van der Waals surface area contributed by atoms with Gasteiger partial charge in [-0.15, -0.1) is 0 Å². The zero-order valence-electron chi connectivity index (χ0n) is 12.5. The minimum atomic E-state index is -1.91. The highest BCUT2D eigenvalue weighted by Gasteiger charge is 2.29. The van der Waals surface area contributed by atoms with Crippen molar-refractivity contribution in [2.45, 2.75) is 78.0 Å². The monoisotopic (exact) mass is 284 g/mol. The molecule has 17 heavy (non-hydrogen) atoms. The molecule has 0 rings (SSSR count). The van der Waals surface area contributed by atoms with Crippen LogP contribution in [0.3, 0.4) is 0 Å². The van der Waals surface area contributed by atoms with Gasteiger partial charge in [0.1, 0.15) is 0 Å². The highest BCUT2D eigenvalue weighted by atomic mass is 31.2. The van der Waals surface area contributed by atoms with Crippen molar-refractivity contribution in [3.8, 4) is 0 Å². The zero-order chi connectivity index (χ0) is 11.9. The van der Waals surface area contributed by atoms with Gasteiger partial charge in [0.2, 0.25) is 0 Å². The molecule has 0 saturated heterocycles. The third kappa shape index (κ3) is 8.36. The van der Waals surface area contributed by atoms with Gasteiger partial charge < -0.3 is 10.0 Å². The molecule has 0 fully saturated rings. The molecule has 0 aromatic carbocycles. The van der Waals surface area contributed by atoms with E-state index in [4.69, 9.17) is 0 Å². The summed E-state index contributed by atoms with van der Waals surface area (Å²) in [5.74, 6) is 0. The standard InChI is InChI=1S/C13H29OP.H2O.H3P/c1-6-7-8-9-10-11-15(14,12(2)3)13(4)5;;/h12-13H,6-11H2,1-5H3;1H2;1H3. The first kappa shape index (κ1) is 22.8. The molecule has 0 bridgehead atoms. The van der Waals surface area contributed by atoms with Crippen molar-refractivity contribution in [1.82, 2.24) is 0 Å². The highest BCUT2D eigenvalue weighted by molar-refractivity contribution is 7.65. The van der Waals surface area contributed by atoms with E-state index >= 15 is 0 Å². The first-order valence-electron chi connectivity index (χ1n) is 6.53. The van der Waals surface area contributed by atoms with Gasteiger partial charge in [-0.3, -0.25) is 0 Å². The van der Waals surface area contributed by atoms with Crippen LogP contribution in [0.5, 0.6) is 0 Å². The van der Waals surface area contributed by atoms with Gasteiger partial charge in [0.15, 0.2) is 0 Å². The fraction of sp³-hybridized carbons (Fsp3) is 1.00. The van der Waals surface area contributed by atoms with Crippen molar-refractivity contribution in [2.75, 3.05) is 6.16 Å². The van der Waals surface area contributed by atoms with E-state index in [-0.39, 0.29) is 15.4 Å². The summed E-state index contributed by atoms with van der Waals surface area (Å²) in [6, 6.07) is 0. The lowest BCUT2D eigenvalue weighted by molar-refractivity contribution is 0.555. The fourth-order valence-electron chi connectivity index (χ4n) is 2.08. The van der Waals surface area contributed by atoms with Gasteiger partial charge in [0.05, 0.1) is 7.14 Å². The Morgan fingerprint density at radius 1 is 0.882 bits per heavy atom. The van der Waals surface area contributed by atoms with Crippen LogP contribution in [0.25, 0.3) is 0 Å². The molecule has 0 aliphatic heterocycles. The molecule has 0 aliphatic carbocycles. The summed E-state index contributed by atoms with van der Waals surface area (Å²) >= 11 is 0. The third-order valence-corrected chi connectivity index (χ3v) is 7.87. The van der Waals surface area contributed by atoms with E-state index in [0.717, 1.165) is 12.6 Å². The SMILES string of the molecule is CCCCCCCP(=O)(C(C)C)C(C)C.O.P. The molecular weight excluding hydrogens is 250 g/mol. The molecule has 1 atom stereocenters. The lowest BCUT2D eigenvalue weighted by Gasteiger charge is -2.26. The van der Waals surface area contributed by atoms with Crippen LogP contribution in [0.15, 0.2) is 0 Å². The minimum absolute atomic E-state index is 0. The Bertz CT molecular complexity index is 192. The van der Waals surface area contributed by atoms with Gasteiger partial charge in [-0.05, 0) is 6.42 Å². The summed E-state index contributed by atoms with van der Waals surface area (Å²) in [6.45, 7) is 10.7. The van der Waals surface area contributed by atoms with Crippen molar-refractivity contribution in [3.63, 3.8) is 0 Å². The van der Waals surface area contributed by atoms with E-state index in [1.54, 1.807) is 0 Å². The van der Waals surface area contributed by atoms with E-state index in [0.29, 0.717) is 11.3 Å². The van der Waals surface area contributed by atoms with Crippen LogP contribution in [0.1, 0.15) is 66.7 Å². The first-order chi connectivity index (χ1) is 6.95. The Balaban J connectivity index is -0.000000980. The van der Waals surface area contributed by atoms with Crippen LogP contribution in [0.4, 0.5) is 0 Å². The first-order valence-corrected chi connectivity index (χ1v) is 8.56. The van der Waals surface area contributed by atoms with Crippen molar-refractivity contribution in [3.05, 3.63) is 0 Å². The van der Waals surface area contributed by atoms with Gasteiger partial charge in [0, 0.05) is 17.5 Å². The van der Waals surface area contributed by atoms with E-state index in [2.05, 4.69) is 34.6 Å². The number of rotatable bonds is 8. The normalized spacial score (nSPS) is 11.2. The van der Waals surface area contributed by atoms with Gasteiger partial charge >= 0.3 is 0 Å². The Hall–Kier alpha value is 0.620. The molecular formula is C13H34O2P2. The summed E-state index contributed by atoms with van der Waals surface area (Å²) in [7, 11) is -1.91. The summed E-state index contributed by atoms with van der Waals surface area (Å²) in [5.41, 5.74) is 0.729. The van der Waals surface area contributed by atoms with E-state index in [9.17, 15) is 4.57 Å². The van der Waals surface area contributed by atoms with E-state index in [1.807, 2.05) is 0 Å². The maximum atomic E-state index is 12.6. The van der Waals surface area contributed by atoms with Crippen LogP contribution in [-0.4, -0.2) is 23.0 Å². The Labute approximate surface area is 112 Å². The zero-order valence-corrected chi connectivity index (χ0v) is 14.8. The average molecular weight is 284 g/mol.